The molecule has 6 N–H and O–H groups in total. The maximum absolute atomic E-state index is 13.3. The average molecular weight is 791 g/mol. The van der Waals surface area contributed by atoms with Crippen molar-refractivity contribution in [2.75, 3.05) is 21.3 Å². The molecule has 0 spiro atoms. The van der Waals surface area contributed by atoms with Crippen molar-refractivity contribution in [2.45, 2.75) is 64.1 Å². The fourth-order valence-corrected chi connectivity index (χ4v) is 7.85. The molecule has 3 aromatic heterocycles. The number of nitrogens with one attached hydrogen (secondary N) is 6. The van der Waals surface area contributed by atoms with E-state index in [0.717, 1.165) is 32.7 Å². The Labute approximate surface area is 333 Å². The van der Waals surface area contributed by atoms with Crippen molar-refractivity contribution in [1.29, 1.82) is 0 Å². The SMILES string of the molecule is COC(=O)C(Cc1c(C(c2[nH]c3ccccc3c2CC(NC(C)=O)C(=O)OC)c2[nH]c3ccccc3c2CC(NC(C)=O)C(=O)OC)[nH]c2ccccc12)NC(C)=O. The zero-order valence-corrected chi connectivity index (χ0v) is 33.0. The maximum Gasteiger partial charge on any atom is 0.328 e. The number of methoxy groups -OCH3 is 3. The molecule has 58 heavy (non-hydrogen) atoms. The molecule has 0 bridgehead atoms. The second-order valence-electron chi connectivity index (χ2n) is 14.1. The zero-order chi connectivity index (χ0) is 41.7. The minimum Gasteiger partial charge on any atom is -0.467 e. The number of para-hydroxylation sites is 3. The Morgan fingerprint density at radius 2 is 0.724 bits per heavy atom. The van der Waals surface area contributed by atoms with Crippen LogP contribution in [0.25, 0.3) is 32.7 Å². The lowest BCUT2D eigenvalue weighted by Crippen LogP contribution is -2.42. The topological polar surface area (TPSA) is 214 Å². The Morgan fingerprint density at radius 1 is 0.466 bits per heavy atom. The molecule has 3 unspecified atom stereocenters. The van der Waals surface area contributed by atoms with Crippen LogP contribution < -0.4 is 16.0 Å². The second kappa shape index (κ2) is 17.5. The highest BCUT2D eigenvalue weighted by molar-refractivity contribution is 5.93. The number of carbonyl (C=O) groups excluding carboxylic acids is 6. The van der Waals surface area contributed by atoms with Crippen molar-refractivity contribution in [3.8, 4) is 0 Å². The van der Waals surface area contributed by atoms with E-state index in [1.54, 1.807) is 0 Å². The lowest BCUT2D eigenvalue weighted by molar-refractivity contribution is -0.145. The summed E-state index contributed by atoms with van der Waals surface area (Å²) in [6.07, 6.45) is 0.0434. The molecule has 0 saturated carbocycles. The predicted octanol–water partition coefficient (Wildman–Crippen LogP) is 3.97. The summed E-state index contributed by atoms with van der Waals surface area (Å²) in [5.74, 6) is -4.02. The number of fused-ring (bicyclic) bond motifs is 3. The Balaban J connectivity index is 1.72. The lowest BCUT2D eigenvalue weighted by Gasteiger charge is -2.24. The van der Waals surface area contributed by atoms with E-state index in [1.807, 2.05) is 72.8 Å². The van der Waals surface area contributed by atoms with Gasteiger partial charge in [0, 0.05) is 89.8 Å². The molecule has 0 aliphatic carbocycles. The summed E-state index contributed by atoms with van der Waals surface area (Å²) in [4.78, 5) is 88.1. The largest absolute Gasteiger partial charge is 0.467 e. The summed E-state index contributed by atoms with van der Waals surface area (Å²) in [7, 11) is 3.76. The molecule has 0 fully saturated rings. The standard InChI is InChI=1S/C43H46N6O9/c1-22(50)44-34(41(53)56-4)19-28-25-13-7-10-16-31(25)47-38(28)37(39-29(26-14-8-11-17-32(26)48-39)20-35(42(54)57-5)45-23(2)51)40-30(27-15-9-12-18-33(27)49-40)21-36(43(55)58-6)46-24(3)52/h7-18,34-37,47-49H,19-21H2,1-6H3,(H,44,50)(H,45,51)(H,46,52). The molecule has 6 aromatic rings. The van der Waals surface area contributed by atoms with E-state index in [2.05, 4.69) is 30.9 Å². The van der Waals surface area contributed by atoms with Gasteiger partial charge in [-0.1, -0.05) is 54.6 Å². The molecule has 3 amide bonds. The number of hydrogen-bond acceptors (Lipinski definition) is 9. The van der Waals surface area contributed by atoms with E-state index < -0.39 is 59.7 Å². The van der Waals surface area contributed by atoms with Gasteiger partial charge < -0.3 is 45.1 Å². The highest BCUT2D eigenvalue weighted by Crippen LogP contribution is 2.43. The number of esters is 3. The van der Waals surface area contributed by atoms with Crippen LogP contribution >= 0.6 is 0 Å². The third kappa shape index (κ3) is 8.43. The first-order valence-corrected chi connectivity index (χ1v) is 18.7. The summed E-state index contributed by atoms with van der Waals surface area (Å²) < 4.78 is 15.4. The van der Waals surface area contributed by atoms with Crippen LogP contribution in [0.2, 0.25) is 0 Å². The molecule has 3 atom stereocenters. The second-order valence-corrected chi connectivity index (χ2v) is 14.1. The van der Waals surface area contributed by atoms with Crippen LogP contribution in [0.3, 0.4) is 0 Å². The smallest absolute Gasteiger partial charge is 0.328 e. The van der Waals surface area contributed by atoms with Crippen LogP contribution in [0.15, 0.2) is 72.8 Å². The molecule has 0 radical (unpaired) electrons. The minimum absolute atomic E-state index is 0.0145. The first kappa shape index (κ1) is 40.8. The third-order valence-corrected chi connectivity index (χ3v) is 10.2. The van der Waals surface area contributed by atoms with E-state index in [1.165, 1.54) is 42.1 Å². The quantitative estimate of drug-likeness (QED) is 0.0655. The van der Waals surface area contributed by atoms with Crippen molar-refractivity contribution in [3.63, 3.8) is 0 Å². The van der Waals surface area contributed by atoms with Gasteiger partial charge in [0.25, 0.3) is 0 Å². The summed E-state index contributed by atoms with van der Waals surface area (Å²) >= 11 is 0. The summed E-state index contributed by atoms with van der Waals surface area (Å²) in [5, 5.41) is 10.6. The molecular weight excluding hydrogens is 745 g/mol. The zero-order valence-electron chi connectivity index (χ0n) is 33.0. The van der Waals surface area contributed by atoms with Gasteiger partial charge in [0.1, 0.15) is 18.1 Å². The molecule has 3 heterocycles. The van der Waals surface area contributed by atoms with E-state index in [0.29, 0.717) is 33.8 Å². The molecule has 6 rings (SSSR count). The van der Waals surface area contributed by atoms with Gasteiger partial charge in [-0.2, -0.15) is 0 Å². The summed E-state index contributed by atoms with van der Waals surface area (Å²) in [6.45, 7) is 3.96. The van der Waals surface area contributed by atoms with Gasteiger partial charge in [-0.05, 0) is 34.9 Å². The number of benzene rings is 3. The molecule has 15 nitrogen and oxygen atoms in total. The Hall–Kier alpha value is -6.90. The summed E-state index contributed by atoms with van der Waals surface area (Å²) in [5.41, 5.74) is 6.07. The number of aromatic amines is 3. The summed E-state index contributed by atoms with van der Waals surface area (Å²) in [6, 6.07) is 19.5. The van der Waals surface area contributed by atoms with Gasteiger partial charge in [-0.15, -0.1) is 0 Å². The van der Waals surface area contributed by atoms with Crippen molar-refractivity contribution < 1.29 is 43.0 Å². The Kier molecular flexibility index (Phi) is 12.3. The fraction of sp³-hybridized carbons (Fsp3) is 0.302. The molecule has 0 saturated heterocycles. The van der Waals surface area contributed by atoms with Crippen LogP contribution in [-0.2, 0) is 62.2 Å². The predicted molar refractivity (Wildman–Crippen MR) is 216 cm³/mol. The van der Waals surface area contributed by atoms with Gasteiger partial charge in [0.2, 0.25) is 17.7 Å². The van der Waals surface area contributed by atoms with E-state index >= 15 is 0 Å². The van der Waals surface area contributed by atoms with Crippen LogP contribution in [0.5, 0.6) is 0 Å². The fourth-order valence-electron chi connectivity index (χ4n) is 7.85. The monoisotopic (exact) mass is 790 g/mol. The van der Waals surface area contributed by atoms with Gasteiger partial charge in [0.15, 0.2) is 0 Å². The van der Waals surface area contributed by atoms with Gasteiger partial charge in [-0.25, -0.2) is 14.4 Å². The Bertz CT molecular complexity index is 2260. The van der Waals surface area contributed by atoms with Crippen LogP contribution in [-0.4, -0.2) is 90.0 Å². The molecule has 15 heteroatoms. The highest BCUT2D eigenvalue weighted by atomic mass is 16.5. The van der Waals surface area contributed by atoms with E-state index in [4.69, 9.17) is 14.2 Å². The lowest BCUT2D eigenvalue weighted by atomic mass is 9.85. The molecule has 0 aliphatic heterocycles. The average Bonchev–Trinajstić information content (AvgIpc) is 3.87. The van der Waals surface area contributed by atoms with Crippen molar-refractivity contribution in [1.82, 2.24) is 30.9 Å². The van der Waals surface area contributed by atoms with Gasteiger partial charge in [0.05, 0.1) is 27.2 Å². The third-order valence-electron chi connectivity index (χ3n) is 10.2. The molecular formula is C43H46N6O9. The first-order valence-electron chi connectivity index (χ1n) is 18.7. The van der Waals surface area contributed by atoms with E-state index in [-0.39, 0.29) is 19.3 Å². The Morgan fingerprint density at radius 3 is 0.966 bits per heavy atom. The number of H-pyrrole nitrogens is 3. The molecule has 3 aromatic carbocycles. The van der Waals surface area contributed by atoms with Crippen LogP contribution in [0.4, 0.5) is 0 Å². The van der Waals surface area contributed by atoms with E-state index in [9.17, 15) is 28.8 Å². The highest BCUT2D eigenvalue weighted by Gasteiger charge is 2.36. The number of hydrogen-bond donors (Lipinski definition) is 6. The molecule has 0 aliphatic rings. The normalized spacial score (nSPS) is 13.3. The van der Waals surface area contributed by atoms with Crippen LogP contribution in [0.1, 0.15) is 60.5 Å². The van der Waals surface area contributed by atoms with Gasteiger partial charge in [-0.3, -0.25) is 14.4 Å². The van der Waals surface area contributed by atoms with Crippen LogP contribution in [0, 0.1) is 0 Å². The number of rotatable bonds is 15. The number of amides is 3. The van der Waals surface area contributed by atoms with Crippen molar-refractivity contribution in [2.24, 2.45) is 0 Å². The number of aromatic nitrogens is 3. The van der Waals surface area contributed by atoms with Crippen molar-refractivity contribution in [3.05, 3.63) is 107 Å². The van der Waals surface area contributed by atoms with Gasteiger partial charge >= 0.3 is 17.9 Å². The first-order chi connectivity index (χ1) is 27.8. The molecule has 302 valence electrons. The maximum atomic E-state index is 13.3. The van der Waals surface area contributed by atoms with Crippen molar-refractivity contribution >= 4 is 68.3 Å². The number of ether oxygens (including phenoxy) is 3. The minimum atomic E-state index is -1.07. The number of carbonyl (C=O) groups is 6.